The van der Waals surface area contributed by atoms with E-state index in [1.807, 2.05) is 107 Å². The van der Waals surface area contributed by atoms with Crippen LogP contribution in [0, 0.1) is 0 Å². The molecule has 1 aromatic heterocycles. The normalized spacial score (nSPS) is 17.4. The van der Waals surface area contributed by atoms with Gasteiger partial charge < -0.3 is 29.2 Å². The Morgan fingerprint density at radius 2 is 1.43 bits per heavy atom. The van der Waals surface area contributed by atoms with Crippen molar-refractivity contribution in [2.45, 2.75) is 70.2 Å². The van der Waals surface area contributed by atoms with Crippen LogP contribution >= 0.6 is 7.75 Å². The number of amides is 2. The highest BCUT2D eigenvalue weighted by molar-refractivity contribution is 7.51. The van der Waals surface area contributed by atoms with Gasteiger partial charge >= 0.3 is 13.4 Å². The number of benzene rings is 4. The number of hydrogen-bond acceptors (Lipinski definition) is 11. The van der Waals surface area contributed by atoms with Crippen LogP contribution in [-0.4, -0.2) is 96.8 Å². The molecular weight excluding hydrogens is 826 g/mol. The maximum Gasteiger partial charge on any atom is 0.409 e. The third kappa shape index (κ3) is 10.9. The summed E-state index contributed by atoms with van der Waals surface area (Å²) in [6.45, 7) is 7.54. The maximum atomic E-state index is 15.3. The quantitative estimate of drug-likeness (QED) is 0.0439. The number of ether oxygens (including phenoxy) is 4. The van der Waals surface area contributed by atoms with E-state index in [0.717, 1.165) is 16.7 Å². The van der Waals surface area contributed by atoms with Crippen LogP contribution in [0.3, 0.4) is 0 Å². The Kier molecular flexibility index (Phi) is 15.7. The zero-order chi connectivity index (χ0) is 45.1. The Morgan fingerprint density at radius 1 is 0.873 bits per heavy atom. The molecule has 4 atom stereocenters. The van der Waals surface area contributed by atoms with Gasteiger partial charge in [-0.2, -0.15) is 4.98 Å². The van der Waals surface area contributed by atoms with Crippen molar-refractivity contribution in [1.82, 2.24) is 19.1 Å². The summed E-state index contributed by atoms with van der Waals surface area (Å²) in [4.78, 5) is 43.7. The molecule has 0 saturated carbocycles. The van der Waals surface area contributed by atoms with E-state index in [4.69, 9.17) is 28.0 Å². The van der Waals surface area contributed by atoms with Crippen LogP contribution in [0.2, 0.25) is 0 Å². The summed E-state index contributed by atoms with van der Waals surface area (Å²) >= 11 is 0. The molecule has 4 aromatic carbocycles. The van der Waals surface area contributed by atoms with E-state index in [0.29, 0.717) is 23.5 Å². The minimum atomic E-state index is -4.16. The highest BCUT2D eigenvalue weighted by Crippen LogP contribution is 2.57. The summed E-state index contributed by atoms with van der Waals surface area (Å²) in [5.41, 5.74) is 0.828. The van der Waals surface area contributed by atoms with Gasteiger partial charge in [-0.1, -0.05) is 72.8 Å². The largest absolute Gasteiger partial charge is 0.497 e. The first-order valence-corrected chi connectivity index (χ1v) is 22.3. The summed E-state index contributed by atoms with van der Waals surface area (Å²) in [6.07, 6.45) is -0.667. The van der Waals surface area contributed by atoms with Crippen LogP contribution in [0.1, 0.15) is 67.4 Å². The molecule has 6 rings (SSSR count). The van der Waals surface area contributed by atoms with Gasteiger partial charge in [-0.15, -0.1) is 0 Å². The van der Waals surface area contributed by atoms with Crippen molar-refractivity contribution in [2.24, 2.45) is 0 Å². The molecule has 334 valence electrons. The zero-order valence-electron chi connectivity index (χ0n) is 36.7. The first kappa shape index (κ1) is 46.8. The van der Waals surface area contributed by atoms with Crippen molar-refractivity contribution < 1.29 is 42.1 Å². The lowest BCUT2D eigenvalue weighted by molar-refractivity contribution is -0.117. The second-order valence-electron chi connectivity index (χ2n) is 15.6. The van der Waals surface area contributed by atoms with Crippen LogP contribution < -0.4 is 20.5 Å². The summed E-state index contributed by atoms with van der Waals surface area (Å²) in [6, 6.07) is 34.5. The summed E-state index contributed by atoms with van der Waals surface area (Å²) in [7, 11) is 0.647. The van der Waals surface area contributed by atoms with Crippen LogP contribution in [0.15, 0.2) is 126 Å². The van der Waals surface area contributed by atoms with Gasteiger partial charge in [-0.25, -0.2) is 14.0 Å². The number of likely N-dealkylation sites (N-methyl/N-ethyl adjacent to an activating group) is 1. The van der Waals surface area contributed by atoms with Crippen molar-refractivity contribution in [3.63, 3.8) is 0 Å². The Labute approximate surface area is 368 Å². The lowest BCUT2D eigenvalue weighted by atomic mass is 9.80. The van der Waals surface area contributed by atoms with E-state index in [1.54, 1.807) is 56.3 Å². The molecule has 0 radical (unpaired) electrons. The van der Waals surface area contributed by atoms with E-state index in [1.165, 1.54) is 21.7 Å². The minimum absolute atomic E-state index is 0.0420. The number of nitrogens with one attached hydrogen (secondary N) is 1. The molecule has 1 aliphatic rings. The fourth-order valence-corrected chi connectivity index (χ4v) is 10.0. The van der Waals surface area contributed by atoms with Gasteiger partial charge in [0.05, 0.1) is 27.4 Å². The highest BCUT2D eigenvalue weighted by atomic mass is 31.2. The van der Waals surface area contributed by atoms with Crippen LogP contribution in [0.5, 0.6) is 11.5 Å². The smallest absolute Gasteiger partial charge is 0.409 e. The molecule has 2 heterocycles. The number of rotatable bonds is 21. The molecule has 5 aromatic rings. The molecule has 15 nitrogen and oxygen atoms in total. The predicted octanol–water partition coefficient (Wildman–Crippen LogP) is 7.53. The molecule has 63 heavy (non-hydrogen) atoms. The van der Waals surface area contributed by atoms with Crippen LogP contribution in [0.4, 0.5) is 5.82 Å². The SMILES string of the molecule is COc1ccc(C(OC[C@H]2O[C@@H](n3ccc(NC(=O)c4ccccc4)nc3=O)C[C@@H]2OP(=O)(OCCN(C)C=O)N(C(C)C)C(C)C)(c2ccccc2)c2ccc(OC)cc2)cc1. The first-order chi connectivity index (χ1) is 30.3. The number of anilines is 1. The van der Waals surface area contributed by atoms with Gasteiger partial charge in [0, 0.05) is 43.9 Å². The number of carbonyl (C=O) groups excluding carboxylic acids is 2. The van der Waals surface area contributed by atoms with Crippen molar-refractivity contribution >= 4 is 25.9 Å². The fraction of sp³-hybridized carbons (Fsp3) is 0.362. The van der Waals surface area contributed by atoms with E-state index in [2.05, 4.69) is 10.3 Å². The van der Waals surface area contributed by atoms with Gasteiger partial charge in [0.1, 0.15) is 41.4 Å². The lowest BCUT2D eigenvalue weighted by Gasteiger charge is -2.39. The fourth-order valence-electron chi connectivity index (χ4n) is 7.73. The molecule has 0 bridgehead atoms. The molecular formula is C47H56N5O10P. The molecule has 0 aliphatic carbocycles. The predicted molar refractivity (Wildman–Crippen MR) is 239 cm³/mol. The molecule has 16 heteroatoms. The molecule has 2 amide bonds. The third-order valence-corrected chi connectivity index (χ3v) is 13.3. The number of nitrogens with zero attached hydrogens (tertiary/aromatic N) is 4. The van der Waals surface area contributed by atoms with E-state index in [9.17, 15) is 14.4 Å². The number of carbonyl (C=O) groups is 2. The average molecular weight is 882 g/mol. The number of hydrogen-bond donors (Lipinski definition) is 1. The highest BCUT2D eigenvalue weighted by Gasteiger charge is 2.48. The maximum absolute atomic E-state index is 15.3. The standard InChI is InChI=1S/C47H56N5O10P/c1-33(2)52(34(3)4)63(56,60-29-28-50(5)32-53)62-41-30-44(51-27-26-43(49-46(51)55)48-45(54)35-14-10-8-11-15-35)61-42(41)31-59-47(36-16-12-9-13-17-36,37-18-22-39(57-6)23-19-37)38-20-24-40(58-7)25-21-38/h8-27,32-34,41-42,44H,28-31H2,1-7H3,(H,48,49,54,55)/t41-,42+,44+,63?/m0/s1. The molecule has 1 saturated heterocycles. The molecule has 1 unspecified atom stereocenters. The van der Waals surface area contributed by atoms with Crippen molar-refractivity contribution in [3.05, 3.63) is 154 Å². The number of methoxy groups -OCH3 is 2. The number of aromatic nitrogens is 2. The van der Waals surface area contributed by atoms with Crippen LogP contribution in [-0.2, 0) is 33.5 Å². The van der Waals surface area contributed by atoms with Gasteiger partial charge in [0.2, 0.25) is 6.41 Å². The molecule has 0 spiro atoms. The van der Waals surface area contributed by atoms with Crippen molar-refractivity contribution in [1.29, 1.82) is 0 Å². The summed E-state index contributed by atoms with van der Waals surface area (Å²) in [5, 5.41) is 2.68. The molecule has 1 fully saturated rings. The second kappa shape index (κ2) is 21.1. The minimum Gasteiger partial charge on any atom is -0.497 e. The van der Waals surface area contributed by atoms with Gasteiger partial charge in [-0.05, 0) is 86.8 Å². The summed E-state index contributed by atoms with van der Waals surface area (Å²) < 4.78 is 56.1. The van der Waals surface area contributed by atoms with Crippen molar-refractivity contribution in [2.75, 3.05) is 46.3 Å². The van der Waals surface area contributed by atoms with Gasteiger partial charge in [0.15, 0.2) is 0 Å². The van der Waals surface area contributed by atoms with Crippen molar-refractivity contribution in [3.8, 4) is 11.5 Å². The second-order valence-corrected chi connectivity index (χ2v) is 17.5. The van der Waals surface area contributed by atoms with Gasteiger partial charge in [-0.3, -0.25) is 23.2 Å². The molecule has 1 N–H and O–H groups in total. The monoisotopic (exact) mass is 881 g/mol. The van der Waals surface area contributed by atoms with E-state index < -0.39 is 43.4 Å². The third-order valence-electron chi connectivity index (χ3n) is 10.7. The topological polar surface area (TPSA) is 160 Å². The van der Waals surface area contributed by atoms with E-state index >= 15 is 4.57 Å². The first-order valence-electron chi connectivity index (χ1n) is 20.8. The summed E-state index contributed by atoms with van der Waals surface area (Å²) in [5.74, 6) is 0.953. The Balaban J connectivity index is 1.41. The van der Waals surface area contributed by atoms with E-state index in [-0.39, 0.29) is 44.1 Å². The molecule has 1 aliphatic heterocycles. The zero-order valence-corrected chi connectivity index (χ0v) is 37.6. The Hall–Kier alpha value is -5.67. The van der Waals surface area contributed by atoms with Crippen LogP contribution in [0.25, 0.3) is 0 Å². The Bertz CT molecular complexity index is 2310. The lowest BCUT2D eigenvalue weighted by Crippen LogP contribution is -2.41. The van der Waals surface area contributed by atoms with Gasteiger partial charge in [0.25, 0.3) is 5.91 Å². The Morgan fingerprint density at radius 3 is 1.95 bits per heavy atom. The average Bonchev–Trinajstić information content (AvgIpc) is 3.68.